The molecule has 0 atom stereocenters. The van der Waals surface area contributed by atoms with Gasteiger partial charge in [0.1, 0.15) is 6.61 Å². The Balaban J connectivity index is 1.98. The highest BCUT2D eigenvalue weighted by atomic mass is 16.5. The average Bonchev–Trinajstić information content (AvgIpc) is 2.88. The first-order valence-corrected chi connectivity index (χ1v) is 6.64. The number of hydrogen-bond donors (Lipinski definition) is 2. The number of nitrogens with zero attached hydrogens (tertiary/aromatic N) is 2. The van der Waals surface area contributed by atoms with Crippen LogP contribution in [0, 0.1) is 0 Å². The predicted molar refractivity (Wildman–Crippen MR) is 77.3 cm³/mol. The number of rotatable bonds is 6. The molecule has 20 heavy (non-hydrogen) atoms. The maximum Gasteiger partial charge on any atom is 0.194 e. The minimum Gasteiger partial charge on any atom is -0.493 e. The molecule has 1 heterocycles. The summed E-state index contributed by atoms with van der Waals surface area (Å²) in [7, 11) is 3.62. The van der Waals surface area contributed by atoms with Gasteiger partial charge in [-0.25, -0.2) is 0 Å². The third kappa shape index (κ3) is 3.54. The Morgan fingerprint density at radius 3 is 2.90 bits per heavy atom. The average molecular weight is 279 g/mol. The van der Waals surface area contributed by atoms with Gasteiger partial charge in [0, 0.05) is 20.1 Å². The molecule has 0 unspecified atom stereocenters. The summed E-state index contributed by atoms with van der Waals surface area (Å²) < 4.78 is 10.7. The third-order valence-corrected chi connectivity index (χ3v) is 3.09. The summed E-state index contributed by atoms with van der Waals surface area (Å²) in [6.07, 6.45) is 0. The number of nitrogens with one attached hydrogen (secondary N) is 1. The van der Waals surface area contributed by atoms with Crippen molar-refractivity contribution in [2.45, 2.75) is 6.54 Å². The van der Waals surface area contributed by atoms with Crippen molar-refractivity contribution in [1.82, 2.24) is 10.2 Å². The van der Waals surface area contributed by atoms with Gasteiger partial charge in [-0.15, -0.1) is 0 Å². The number of methoxy groups -OCH3 is 1. The van der Waals surface area contributed by atoms with E-state index in [0.29, 0.717) is 18.0 Å². The van der Waals surface area contributed by atoms with E-state index in [0.717, 1.165) is 24.6 Å². The van der Waals surface area contributed by atoms with Crippen molar-refractivity contribution in [3.8, 4) is 11.5 Å². The third-order valence-electron chi connectivity index (χ3n) is 3.09. The van der Waals surface area contributed by atoms with Gasteiger partial charge in [0.05, 0.1) is 20.3 Å². The first-order valence-electron chi connectivity index (χ1n) is 6.64. The fraction of sp³-hybridized carbons (Fsp3) is 0.500. The Kier molecular flexibility index (Phi) is 5.06. The summed E-state index contributed by atoms with van der Waals surface area (Å²) in [5.41, 5.74) is 1.08. The Labute approximate surface area is 119 Å². The molecule has 1 aromatic rings. The molecule has 2 rings (SSSR count). The lowest BCUT2D eigenvalue weighted by molar-refractivity contribution is 0.196. The number of guanidine groups is 1. The minimum atomic E-state index is -0.0153. The Bertz CT molecular complexity index is 477. The van der Waals surface area contributed by atoms with Crippen molar-refractivity contribution < 1.29 is 14.6 Å². The first kappa shape index (κ1) is 14.5. The predicted octanol–water partition coefficient (Wildman–Crippen LogP) is 0.457. The monoisotopic (exact) mass is 279 g/mol. The maximum absolute atomic E-state index is 8.78. The molecule has 2 N–H and O–H groups in total. The van der Waals surface area contributed by atoms with Crippen LogP contribution in [0.15, 0.2) is 23.2 Å². The van der Waals surface area contributed by atoms with E-state index < -0.39 is 0 Å². The SMILES string of the molecule is COc1cc(CNC2=NCCN2C)ccc1OCCO. The lowest BCUT2D eigenvalue weighted by Crippen LogP contribution is -2.35. The van der Waals surface area contributed by atoms with E-state index >= 15 is 0 Å². The molecule has 0 amide bonds. The highest BCUT2D eigenvalue weighted by Gasteiger charge is 2.12. The van der Waals surface area contributed by atoms with E-state index in [1.54, 1.807) is 7.11 Å². The summed E-state index contributed by atoms with van der Waals surface area (Å²) in [6.45, 7) is 2.73. The zero-order valence-electron chi connectivity index (χ0n) is 11.9. The summed E-state index contributed by atoms with van der Waals surface area (Å²) in [5, 5.41) is 12.1. The minimum absolute atomic E-state index is 0.0153. The van der Waals surface area contributed by atoms with E-state index in [9.17, 15) is 0 Å². The largest absolute Gasteiger partial charge is 0.493 e. The molecule has 1 aliphatic rings. The van der Waals surface area contributed by atoms with E-state index in [-0.39, 0.29) is 13.2 Å². The Morgan fingerprint density at radius 1 is 1.40 bits per heavy atom. The van der Waals surface area contributed by atoms with Crippen LogP contribution < -0.4 is 14.8 Å². The number of likely N-dealkylation sites (N-methyl/N-ethyl adjacent to an activating group) is 1. The van der Waals surface area contributed by atoms with Crippen molar-refractivity contribution >= 4 is 5.96 Å². The summed E-state index contributed by atoms with van der Waals surface area (Å²) in [6, 6.07) is 5.75. The molecule has 0 bridgehead atoms. The van der Waals surface area contributed by atoms with E-state index in [4.69, 9.17) is 14.6 Å². The van der Waals surface area contributed by atoms with E-state index in [2.05, 4.69) is 15.2 Å². The fourth-order valence-electron chi connectivity index (χ4n) is 2.00. The normalized spacial score (nSPS) is 14.2. The molecular formula is C14H21N3O3. The molecule has 110 valence electrons. The van der Waals surface area contributed by atoms with Crippen LogP contribution >= 0.6 is 0 Å². The second kappa shape index (κ2) is 7.00. The number of benzene rings is 1. The van der Waals surface area contributed by atoms with Gasteiger partial charge in [-0.3, -0.25) is 4.99 Å². The van der Waals surface area contributed by atoms with Crippen molar-refractivity contribution in [2.24, 2.45) is 4.99 Å². The van der Waals surface area contributed by atoms with Crippen LogP contribution in [0.4, 0.5) is 0 Å². The molecule has 0 radical (unpaired) electrons. The van der Waals surface area contributed by atoms with Crippen LogP contribution in [0.2, 0.25) is 0 Å². The second-order valence-electron chi connectivity index (χ2n) is 4.54. The molecule has 6 heteroatoms. The summed E-state index contributed by atoms with van der Waals surface area (Å²) in [4.78, 5) is 6.47. The van der Waals surface area contributed by atoms with Crippen molar-refractivity contribution in [3.05, 3.63) is 23.8 Å². The second-order valence-corrected chi connectivity index (χ2v) is 4.54. The molecule has 0 saturated carbocycles. The lowest BCUT2D eigenvalue weighted by Gasteiger charge is -2.16. The Morgan fingerprint density at radius 2 is 2.25 bits per heavy atom. The first-order chi connectivity index (χ1) is 9.74. The number of aliphatic imine (C=N–C) groups is 1. The molecule has 6 nitrogen and oxygen atoms in total. The fourth-order valence-corrected chi connectivity index (χ4v) is 2.00. The zero-order chi connectivity index (χ0) is 14.4. The molecule has 1 aliphatic heterocycles. The summed E-state index contributed by atoms with van der Waals surface area (Å²) >= 11 is 0. The van der Waals surface area contributed by atoms with Gasteiger partial charge in [0.15, 0.2) is 17.5 Å². The molecule has 0 spiro atoms. The standard InChI is InChI=1S/C14H21N3O3/c1-17-6-5-15-14(17)16-10-11-3-4-12(20-8-7-18)13(9-11)19-2/h3-4,9,18H,5-8,10H2,1-2H3,(H,15,16). The van der Waals surface area contributed by atoms with Gasteiger partial charge < -0.3 is 24.8 Å². The van der Waals surface area contributed by atoms with Crippen LogP contribution in [0.5, 0.6) is 11.5 Å². The van der Waals surface area contributed by atoms with Crippen molar-refractivity contribution in [1.29, 1.82) is 0 Å². The van der Waals surface area contributed by atoms with Gasteiger partial charge in [-0.05, 0) is 17.7 Å². The number of aliphatic hydroxyl groups excluding tert-OH is 1. The number of hydrogen-bond acceptors (Lipinski definition) is 6. The maximum atomic E-state index is 8.78. The molecule has 0 saturated heterocycles. The zero-order valence-corrected chi connectivity index (χ0v) is 11.9. The van der Waals surface area contributed by atoms with Crippen LogP contribution in [0.1, 0.15) is 5.56 Å². The van der Waals surface area contributed by atoms with E-state index in [1.807, 2.05) is 25.2 Å². The summed E-state index contributed by atoms with van der Waals surface area (Å²) in [5.74, 6) is 2.23. The number of aliphatic hydroxyl groups is 1. The lowest BCUT2D eigenvalue weighted by atomic mass is 10.2. The quantitative estimate of drug-likeness (QED) is 0.792. The van der Waals surface area contributed by atoms with Gasteiger partial charge in [-0.1, -0.05) is 6.07 Å². The van der Waals surface area contributed by atoms with Crippen molar-refractivity contribution in [3.63, 3.8) is 0 Å². The molecular weight excluding hydrogens is 258 g/mol. The number of ether oxygens (including phenoxy) is 2. The van der Waals surface area contributed by atoms with Crippen LogP contribution in [0.3, 0.4) is 0 Å². The molecule has 0 aromatic heterocycles. The Hall–Kier alpha value is -1.95. The van der Waals surface area contributed by atoms with Gasteiger partial charge in [-0.2, -0.15) is 0 Å². The molecule has 0 aliphatic carbocycles. The van der Waals surface area contributed by atoms with Gasteiger partial charge in [0.25, 0.3) is 0 Å². The van der Waals surface area contributed by atoms with Crippen LogP contribution in [0.25, 0.3) is 0 Å². The van der Waals surface area contributed by atoms with Crippen molar-refractivity contribution in [2.75, 3.05) is 40.5 Å². The molecule has 1 aromatic carbocycles. The smallest absolute Gasteiger partial charge is 0.194 e. The highest BCUT2D eigenvalue weighted by molar-refractivity contribution is 5.81. The van der Waals surface area contributed by atoms with Crippen LogP contribution in [-0.4, -0.2) is 56.4 Å². The highest BCUT2D eigenvalue weighted by Crippen LogP contribution is 2.27. The van der Waals surface area contributed by atoms with Gasteiger partial charge >= 0.3 is 0 Å². The van der Waals surface area contributed by atoms with Crippen LogP contribution in [-0.2, 0) is 6.54 Å². The van der Waals surface area contributed by atoms with E-state index in [1.165, 1.54) is 0 Å². The topological polar surface area (TPSA) is 66.3 Å². The molecule has 0 fully saturated rings. The van der Waals surface area contributed by atoms with Gasteiger partial charge in [0.2, 0.25) is 0 Å².